The minimum Gasteiger partial charge on any atom is -0.342 e. The molecule has 1 aliphatic rings. The van der Waals surface area contributed by atoms with Crippen molar-refractivity contribution in [2.24, 2.45) is 16.6 Å². The first-order chi connectivity index (χ1) is 8.59. The number of rotatable bonds is 4. The lowest BCUT2D eigenvalue weighted by molar-refractivity contribution is -0.146. The third kappa shape index (κ3) is 3.13. The Kier molecular flexibility index (Phi) is 4.71. The highest BCUT2D eigenvalue weighted by Gasteiger charge is 2.44. The maximum absolute atomic E-state index is 12.7. The van der Waals surface area contributed by atoms with Crippen LogP contribution in [0.2, 0.25) is 0 Å². The number of carbonyl (C=O) groups excluding carboxylic acids is 1. The summed E-state index contributed by atoms with van der Waals surface area (Å²) >= 11 is 0. The Morgan fingerprint density at radius 2 is 1.53 bits per heavy atom. The van der Waals surface area contributed by atoms with Crippen molar-refractivity contribution in [1.29, 1.82) is 0 Å². The van der Waals surface area contributed by atoms with E-state index in [2.05, 4.69) is 13.8 Å². The van der Waals surface area contributed by atoms with E-state index >= 15 is 0 Å². The molecule has 1 aliphatic heterocycles. The summed E-state index contributed by atoms with van der Waals surface area (Å²) < 4.78 is 0. The van der Waals surface area contributed by atoms with E-state index in [4.69, 9.17) is 5.73 Å². The first kappa shape index (κ1) is 16.5. The number of carbonyl (C=O) groups is 1. The van der Waals surface area contributed by atoms with Gasteiger partial charge in [0, 0.05) is 18.6 Å². The molecule has 0 aliphatic carbocycles. The molecule has 1 rings (SSSR count). The van der Waals surface area contributed by atoms with E-state index in [0.29, 0.717) is 5.41 Å². The molecule has 0 spiro atoms. The second kappa shape index (κ2) is 5.43. The summed E-state index contributed by atoms with van der Waals surface area (Å²) in [7, 11) is 0. The van der Waals surface area contributed by atoms with Gasteiger partial charge >= 0.3 is 0 Å². The van der Waals surface area contributed by atoms with Crippen molar-refractivity contribution in [3.05, 3.63) is 0 Å². The molecule has 0 aromatic carbocycles. The third-order valence-corrected chi connectivity index (χ3v) is 5.76. The van der Waals surface area contributed by atoms with Crippen LogP contribution in [0.3, 0.4) is 0 Å². The van der Waals surface area contributed by atoms with Crippen LogP contribution in [0, 0.1) is 10.8 Å². The summed E-state index contributed by atoms with van der Waals surface area (Å²) in [5.74, 6) is 0.209. The van der Waals surface area contributed by atoms with E-state index in [1.807, 2.05) is 32.6 Å². The third-order valence-electron chi connectivity index (χ3n) is 5.76. The molecule has 0 aromatic rings. The van der Waals surface area contributed by atoms with E-state index < -0.39 is 11.0 Å². The van der Waals surface area contributed by atoms with Gasteiger partial charge in [-0.15, -0.1) is 0 Å². The van der Waals surface area contributed by atoms with Crippen molar-refractivity contribution in [2.45, 2.75) is 72.8 Å². The normalized spacial score (nSPS) is 20.5. The number of amides is 1. The van der Waals surface area contributed by atoms with Gasteiger partial charge in [0.05, 0.1) is 5.41 Å². The van der Waals surface area contributed by atoms with Crippen molar-refractivity contribution >= 4 is 5.91 Å². The van der Waals surface area contributed by atoms with Gasteiger partial charge < -0.3 is 10.6 Å². The molecule has 3 heteroatoms. The van der Waals surface area contributed by atoms with Crippen LogP contribution in [0.15, 0.2) is 0 Å². The monoisotopic (exact) mass is 268 g/mol. The fourth-order valence-corrected chi connectivity index (χ4v) is 2.81. The molecule has 1 heterocycles. The fraction of sp³-hybridized carbons (Fsp3) is 0.938. The van der Waals surface area contributed by atoms with Gasteiger partial charge in [-0.2, -0.15) is 0 Å². The molecule has 19 heavy (non-hydrogen) atoms. The maximum atomic E-state index is 12.7. The topological polar surface area (TPSA) is 46.3 Å². The average molecular weight is 268 g/mol. The Morgan fingerprint density at radius 1 is 1.11 bits per heavy atom. The minimum absolute atomic E-state index is 0.209. The van der Waals surface area contributed by atoms with Gasteiger partial charge in [0.25, 0.3) is 0 Å². The van der Waals surface area contributed by atoms with Gasteiger partial charge in [0.1, 0.15) is 0 Å². The number of nitrogens with zero attached hydrogens (tertiary/aromatic N) is 1. The molecular formula is C16H32N2O. The van der Waals surface area contributed by atoms with Crippen LogP contribution < -0.4 is 5.73 Å². The molecule has 0 aromatic heterocycles. The van der Waals surface area contributed by atoms with Gasteiger partial charge in [-0.05, 0) is 46.0 Å². The number of hydrogen-bond donors (Lipinski definition) is 1. The molecule has 0 atom stereocenters. The molecule has 1 saturated heterocycles. The summed E-state index contributed by atoms with van der Waals surface area (Å²) in [5.41, 5.74) is 5.64. The zero-order valence-electron chi connectivity index (χ0n) is 13.7. The van der Waals surface area contributed by atoms with Crippen LogP contribution in [-0.2, 0) is 4.79 Å². The number of likely N-dealkylation sites (tertiary alicyclic amines) is 1. The van der Waals surface area contributed by atoms with Gasteiger partial charge in [0.15, 0.2) is 0 Å². The quantitative estimate of drug-likeness (QED) is 0.851. The lowest BCUT2D eigenvalue weighted by atomic mass is 9.71. The fourth-order valence-electron chi connectivity index (χ4n) is 2.81. The van der Waals surface area contributed by atoms with Crippen molar-refractivity contribution < 1.29 is 4.79 Å². The SMILES string of the molecule is CCC1(CC)CCN(C(=O)C(C)(C)C(C)(C)N)CC1. The largest absolute Gasteiger partial charge is 0.342 e. The molecule has 0 saturated carbocycles. The van der Waals surface area contributed by atoms with Crippen molar-refractivity contribution in [1.82, 2.24) is 4.90 Å². The number of piperidine rings is 1. The van der Waals surface area contributed by atoms with E-state index in [1.54, 1.807) is 0 Å². The molecule has 1 amide bonds. The second-order valence-corrected chi connectivity index (χ2v) is 7.35. The Labute approximate surface area is 118 Å². The summed E-state index contributed by atoms with van der Waals surface area (Å²) in [6.07, 6.45) is 4.70. The summed E-state index contributed by atoms with van der Waals surface area (Å²) in [6, 6.07) is 0. The lowest BCUT2D eigenvalue weighted by Gasteiger charge is -2.46. The van der Waals surface area contributed by atoms with Crippen LogP contribution in [-0.4, -0.2) is 29.4 Å². The molecule has 1 fully saturated rings. The van der Waals surface area contributed by atoms with E-state index in [-0.39, 0.29) is 5.91 Å². The van der Waals surface area contributed by atoms with E-state index in [9.17, 15) is 4.79 Å². The standard InChI is InChI=1S/C16H32N2O/c1-7-16(8-2)9-11-18(12-10-16)13(19)14(3,4)15(5,6)17/h7-12,17H2,1-6H3. The Morgan fingerprint density at radius 3 is 1.84 bits per heavy atom. The zero-order valence-corrected chi connectivity index (χ0v) is 13.7. The summed E-state index contributed by atoms with van der Waals surface area (Å²) in [5, 5.41) is 0. The molecule has 112 valence electrons. The van der Waals surface area contributed by atoms with Crippen LogP contribution in [0.1, 0.15) is 67.2 Å². The maximum Gasteiger partial charge on any atom is 0.230 e. The Balaban J connectivity index is 2.74. The van der Waals surface area contributed by atoms with Crippen LogP contribution in [0.5, 0.6) is 0 Å². The molecule has 0 bridgehead atoms. The molecule has 0 radical (unpaired) electrons. The smallest absolute Gasteiger partial charge is 0.230 e. The van der Waals surface area contributed by atoms with Gasteiger partial charge in [0.2, 0.25) is 5.91 Å². The predicted octanol–water partition coefficient (Wildman–Crippen LogP) is 3.18. The van der Waals surface area contributed by atoms with Gasteiger partial charge in [-0.3, -0.25) is 4.79 Å². The average Bonchev–Trinajstić information content (AvgIpc) is 2.36. The molecule has 0 unspecified atom stereocenters. The van der Waals surface area contributed by atoms with Crippen molar-refractivity contribution in [3.8, 4) is 0 Å². The van der Waals surface area contributed by atoms with E-state index in [0.717, 1.165) is 25.9 Å². The zero-order chi connectivity index (χ0) is 14.9. The van der Waals surface area contributed by atoms with Crippen LogP contribution >= 0.6 is 0 Å². The Hall–Kier alpha value is -0.570. The van der Waals surface area contributed by atoms with E-state index in [1.165, 1.54) is 12.8 Å². The molecular weight excluding hydrogens is 236 g/mol. The first-order valence-electron chi connectivity index (χ1n) is 7.68. The summed E-state index contributed by atoms with van der Waals surface area (Å²) in [6.45, 7) is 14.1. The highest BCUT2D eigenvalue weighted by atomic mass is 16.2. The highest BCUT2D eigenvalue weighted by molar-refractivity contribution is 5.83. The number of nitrogens with two attached hydrogens (primary N) is 1. The molecule has 3 nitrogen and oxygen atoms in total. The Bertz CT molecular complexity index is 314. The first-order valence-corrected chi connectivity index (χ1v) is 7.68. The van der Waals surface area contributed by atoms with Crippen molar-refractivity contribution in [3.63, 3.8) is 0 Å². The van der Waals surface area contributed by atoms with Gasteiger partial charge in [-0.1, -0.05) is 26.7 Å². The summed E-state index contributed by atoms with van der Waals surface area (Å²) in [4.78, 5) is 14.7. The molecule has 2 N–H and O–H groups in total. The van der Waals surface area contributed by atoms with Gasteiger partial charge in [-0.25, -0.2) is 0 Å². The van der Waals surface area contributed by atoms with Crippen LogP contribution in [0.4, 0.5) is 0 Å². The lowest BCUT2D eigenvalue weighted by Crippen LogP contribution is -2.58. The second-order valence-electron chi connectivity index (χ2n) is 7.35. The highest BCUT2D eigenvalue weighted by Crippen LogP contribution is 2.39. The number of hydrogen-bond acceptors (Lipinski definition) is 2. The minimum atomic E-state index is -0.509. The van der Waals surface area contributed by atoms with Crippen LogP contribution in [0.25, 0.3) is 0 Å². The van der Waals surface area contributed by atoms with Crippen molar-refractivity contribution in [2.75, 3.05) is 13.1 Å². The predicted molar refractivity (Wildman–Crippen MR) is 80.9 cm³/mol.